The van der Waals surface area contributed by atoms with Crippen LogP contribution in [-0.2, 0) is 10.2 Å². The normalized spacial score (nSPS) is 21.4. The lowest BCUT2D eigenvalue weighted by Gasteiger charge is -2.39. The summed E-state index contributed by atoms with van der Waals surface area (Å²) < 4.78 is 1.73. The Morgan fingerprint density at radius 1 is 1.15 bits per heavy atom. The molecule has 1 saturated heterocycles. The molecule has 0 bridgehead atoms. The third-order valence-corrected chi connectivity index (χ3v) is 5.49. The van der Waals surface area contributed by atoms with Gasteiger partial charge >= 0.3 is 0 Å². The first kappa shape index (κ1) is 16.0. The number of piperidine rings is 1. The molecular weight excluding hydrogens is 340 g/mol. The van der Waals surface area contributed by atoms with Crippen molar-refractivity contribution in [2.75, 3.05) is 23.3 Å². The molecule has 7 nitrogen and oxygen atoms in total. The van der Waals surface area contributed by atoms with Gasteiger partial charge in [-0.2, -0.15) is 5.10 Å². The molecule has 4 heterocycles. The van der Waals surface area contributed by atoms with Crippen LogP contribution in [0.4, 0.5) is 11.5 Å². The molecule has 1 amide bonds. The van der Waals surface area contributed by atoms with E-state index < -0.39 is 5.41 Å². The summed E-state index contributed by atoms with van der Waals surface area (Å²) in [5.74, 6) is 2.35. The molecule has 0 radical (unpaired) electrons. The lowest BCUT2D eigenvalue weighted by Crippen LogP contribution is -2.50. The van der Waals surface area contributed by atoms with Crippen molar-refractivity contribution in [3.05, 3.63) is 60.2 Å². The van der Waals surface area contributed by atoms with E-state index in [9.17, 15) is 4.79 Å². The molecule has 2 aromatic heterocycles. The molecule has 1 atom stereocenters. The number of carbonyl (C=O) groups excluding carboxylic acids is 1. The number of anilines is 2. The monoisotopic (exact) mass is 360 g/mol. The van der Waals surface area contributed by atoms with Crippen molar-refractivity contribution in [3.8, 4) is 5.82 Å². The minimum Gasteiger partial charge on any atom is -0.355 e. The van der Waals surface area contributed by atoms with Gasteiger partial charge in [-0.15, -0.1) is 0 Å². The number of aromatic nitrogens is 4. The molecule has 2 aliphatic rings. The standard InChI is InChI=1S/C20H20N6O/c1-14-22-17(12-18(23-14)26-11-5-9-21-26)25-10-4-8-20(13-25)15-6-2-3-7-16(15)24-19(20)27/h2-3,5-7,9,11-12H,4,8,10,13H2,1H3,(H,24,27). The average Bonchev–Trinajstić information content (AvgIpc) is 3.30. The zero-order valence-corrected chi connectivity index (χ0v) is 15.1. The Bertz CT molecular complexity index is 1020. The van der Waals surface area contributed by atoms with Gasteiger partial charge in [-0.1, -0.05) is 18.2 Å². The number of hydrogen-bond donors (Lipinski definition) is 1. The number of rotatable bonds is 2. The van der Waals surface area contributed by atoms with Gasteiger partial charge in [0.15, 0.2) is 5.82 Å². The molecular formula is C20H20N6O. The van der Waals surface area contributed by atoms with Gasteiger partial charge in [0.25, 0.3) is 0 Å². The summed E-state index contributed by atoms with van der Waals surface area (Å²) in [7, 11) is 0. The molecule has 27 heavy (non-hydrogen) atoms. The molecule has 5 rings (SSSR count). The van der Waals surface area contributed by atoms with Crippen molar-refractivity contribution >= 4 is 17.4 Å². The average molecular weight is 360 g/mol. The number of amides is 1. The van der Waals surface area contributed by atoms with Crippen molar-refractivity contribution in [2.24, 2.45) is 0 Å². The van der Waals surface area contributed by atoms with Gasteiger partial charge in [-0.05, 0) is 37.5 Å². The van der Waals surface area contributed by atoms with Crippen LogP contribution in [-0.4, -0.2) is 38.7 Å². The van der Waals surface area contributed by atoms with E-state index in [0.29, 0.717) is 12.4 Å². The first-order valence-electron chi connectivity index (χ1n) is 9.17. The van der Waals surface area contributed by atoms with Crippen LogP contribution in [0, 0.1) is 6.92 Å². The van der Waals surface area contributed by atoms with Gasteiger partial charge in [0.05, 0.1) is 5.41 Å². The van der Waals surface area contributed by atoms with Gasteiger partial charge in [0.2, 0.25) is 5.91 Å². The van der Waals surface area contributed by atoms with E-state index in [1.807, 2.05) is 43.5 Å². The van der Waals surface area contributed by atoms with E-state index in [-0.39, 0.29) is 5.91 Å². The molecule has 1 spiro atoms. The smallest absolute Gasteiger partial charge is 0.236 e. The minimum absolute atomic E-state index is 0.0893. The molecule has 136 valence electrons. The maximum absolute atomic E-state index is 12.9. The lowest BCUT2D eigenvalue weighted by molar-refractivity contribution is -0.121. The summed E-state index contributed by atoms with van der Waals surface area (Å²) >= 11 is 0. The van der Waals surface area contributed by atoms with Crippen molar-refractivity contribution in [1.82, 2.24) is 19.7 Å². The number of carbonyl (C=O) groups is 1. The van der Waals surface area contributed by atoms with Gasteiger partial charge in [-0.25, -0.2) is 14.6 Å². The molecule has 1 N–H and O–H groups in total. The van der Waals surface area contributed by atoms with Crippen LogP contribution in [0.5, 0.6) is 0 Å². The first-order valence-corrected chi connectivity index (χ1v) is 9.17. The fourth-order valence-corrected chi connectivity index (χ4v) is 4.25. The largest absolute Gasteiger partial charge is 0.355 e. The Hall–Kier alpha value is -3.22. The number of fused-ring (bicyclic) bond motifs is 2. The van der Waals surface area contributed by atoms with Crippen molar-refractivity contribution in [2.45, 2.75) is 25.2 Å². The lowest BCUT2D eigenvalue weighted by atomic mass is 9.75. The quantitative estimate of drug-likeness (QED) is 0.760. The minimum atomic E-state index is -0.514. The predicted octanol–water partition coefficient (Wildman–Crippen LogP) is 2.46. The molecule has 1 fully saturated rings. The summed E-state index contributed by atoms with van der Waals surface area (Å²) in [5.41, 5.74) is 1.51. The van der Waals surface area contributed by atoms with Crippen LogP contribution in [0.2, 0.25) is 0 Å². The number of aryl methyl sites for hydroxylation is 1. The van der Waals surface area contributed by atoms with Gasteiger partial charge in [-0.3, -0.25) is 4.79 Å². The summed E-state index contributed by atoms with van der Waals surface area (Å²) in [6.45, 7) is 3.37. The molecule has 1 aromatic carbocycles. The maximum atomic E-state index is 12.9. The van der Waals surface area contributed by atoms with E-state index in [1.165, 1.54) is 0 Å². The SMILES string of the molecule is Cc1nc(N2CCCC3(C2)C(=O)Nc2ccccc23)cc(-n2cccn2)n1. The van der Waals surface area contributed by atoms with Crippen molar-refractivity contribution < 1.29 is 4.79 Å². The summed E-state index contributed by atoms with van der Waals surface area (Å²) in [5, 5.41) is 7.33. The fraction of sp³-hybridized carbons (Fsp3) is 0.300. The Kier molecular flexibility index (Phi) is 3.50. The third kappa shape index (κ3) is 2.50. The van der Waals surface area contributed by atoms with Crippen LogP contribution in [0.3, 0.4) is 0 Å². The number of benzene rings is 1. The summed E-state index contributed by atoms with van der Waals surface area (Å²) in [6.07, 6.45) is 5.38. The second kappa shape index (κ2) is 5.90. The highest BCUT2D eigenvalue weighted by atomic mass is 16.2. The van der Waals surface area contributed by atoms with Gasteiger partial charge < -0.3 is 10.2 Å². The number of nitrogens with one attached hydrogen (secondary N) is 1. The first-order chi connectivity index (χ1) is 13.2. The second-order valence-corrected chi connectivity index (χ2v) is 7.19. The molecule has 0 saturated carbocycles. The van der Waals surface area contributed by atoms with E-state index in [2.05, 4.69) is 31.3 Å². The van der Waals surface area contributed by atoms with Crippen molar-refractivity contribution in [1.29, 1.82) is 0 Å². The summed E-state index contributed by atoms with van der Waals surface area (Å²) in [4.78, 5) is 24.3. The molecule has 1 unspecified atom stereocenters. The highest BCUT2D eigenvalue weighted by molar-refractivity contribution is 6.06. The predicted molar refractivity (Wildman–Crippen MR) is 102 cm³/mol. The Morgan fingerprint density at radius 3 is 2.85 bits per heavy atom. The van der Waals surface area contributed by atoms with Crippen LogP contribution < -0.4 is 10.2 Å². The molecule has 2 aliphatic heterocycles. The highest BCUT2D eigenvalue weighted by Crippen LogP contribution is 2.44. The maximum Gasteiger partial charge on any atom is 0.236 e. The van der Waals surface area contributed by atoms with Gasteiger partial charge in [0, 0.05) is 37.2 Å². The zero-order chi connectivity index (χ0) is 18.4. The van der Waals surface area contributed by atoms with Crippen LogP contribution >= 0.6 is 0 Å². The number of hydrogen-bond acceptors (Lipinski definition) is 5. The van der Waals surface area contributed by atoms with Crippen LogP contribution in [0.1, 0.15) is 24.2 Å². The molecule has 0 aliphatic carbocycles. The van der Waals surface area contributed by atoms with E-state index in [0.717, 1.165) is 42.3 Å². The number of nitrogens with zero attached hydrogens (tertiary/aromatic N) is 5. The second-order valence-electron chi connectivity index (χ2n) is 7.19. The van der Waals surface area contributed by atoms with Crippen LogP contribution in [0.25, 0.3) is 5.82 Å². The molecule has 3 aromatic rings. The van der Waals surface area contributed by atoms with Crippen molar-refractivity contribution in [3.63, 3.8) is 0 Å². The van der Waals surface area contributed by atoms with E-state index in [4.69, 9.17) is 0 Å². The number of para-hydroxylation sites is 1. The fourth-order valence-electron chi connectivity index (χ4n) is 4.25. The van der Waals surface area contributed by atoms with Gasteiger partial charge in [0.1, 0.15) is 11.6 Å². The summed E-state index contributed by atoms with van der Waals surface area (Å²) in [6, 6.07) is 11.8. The highest BCUT2D eigenvalue weighted by Gasteiger charge is 2.49. The van der Waals surface area contributed by atoms with E-state index >= 15 is 0 Å². The topological polar surface area (TPSA) is 75.9 Å². The van der Waals surface area contributed by atoms with E-state index in [1.54, 1.807) is 10.9 Å². The van der Waals surface area contributed by atoms with Crippen LogP contribution in [0.15, 0.2) is 48.8 Å². The molecule has 7 heteroatoms. The Labute approximate surface area is 157 Å². The Morgan fingerprint density at radius 2 is 2.00 bits per heavy atom. The zero-order valence-electron chi connectivity index (χ0n) is 15.1. The third-order valence-electron chi connectivity index (χ3n) is 5.49. The Balaban J connectivity index is 1.53.